The predicted molar refractivity (Wildman–Crippen MR) is 147 cm³/mol. The Morgan fingerprint density at radius 1 is 0.667 bits per heavy atom. The lowest BCUT2D eigenvalue weighted by molar-refractivity contribution is -0.0399. The number of benzene rings is 4. The van der Waals surface area contributed by atoms with Crippen LogP contribution in [0.3, 0.4) is 0 Å². The van der Waals surface area contributed by atoms with Gasteiger partial charge < -0.3 is 4.42 Å². The van der Waals surface area contributed by atoms with Crippen molar-refractivity contribution in [2.75, 3.05) is 0 Å². The van der Waals surface area contributed by atoms with Gasteiger partial charge in [0.25, 0.3) is 0 Å². The number of halogens is 1. The highest BCUT2D eigenvalue weighted by Crippen LogP contribution is 2.69. The van der Waals surface area contributed by atoms with Crippen LogP contribution < -0.4 is 0 Å². The summed E-state index contributed by atoms with van der Waals surface area (Å²) in [5.41, 5.74) is 10.2. The maximum absolute atomic E-state index is 6.94. The first-order valence-electron chi connectivity index (χ1n) is 13.6. The molecule has 176 valence electrons. The summed E-state index contributed by atoms with van der Waals surface area (Å²) in [5.74, 6) is 3.39. The van der Waals surface area contributed by atoms with E-state index in [4.69, 9.17) is 16.0 Å². The zero-order chi connectivity index (χ0) is 23.6. The average molecular weight is 487 g/mol. The Labute approximate surface area is 216 Å². The van der Waals surface area contributed by atoms with Gasteiger partial charge in [-0.2, -0.15) is 0 Å². The molecule has 0 radical (unpaired) electrons. The van der Waals surface area contributed by atoms with Gasteiger partial charge in [0.05, 0.1) is 5.02 Å². The average Bonchev–Trinajstić information content (AvgIpc) is 3.40. The molecule has 1 heterocycles. The van der Waals surface area contributed by atoms with E-state index in [0.717, 1.165) is 56.2 Å². The van der Waals surface area contributed by atoms with E-state index in [9.17, 15) is 0 Å². The number of hydrogen-bond acceptors (Lipinski definition) is 1. The van der Waals surface area contributed by atoms with Gasteiger partial charge in [-0.1, -0.05) is 66.2 Å². The molecule has 36 heavy (non-hydrogen) atoms. The monoisotopic (exact) mass is 486 g/mol. The van der Waals surface area contributed by atoms with E-state index >= 15 is 0 Å². The second-order valence-electron chi connectivity index (χ2n) is 11.9. The van der Waals surface area contributed by atoms with Crippen LogP contribution in [0.15, 0.2) is 83.3 Å². The fourth-order valence-electron chi connectivity index (χ4n) is 9.34. The van der Waals surface area contributed by atoms with E-state index in [2.05, 4.69) is 66.7 Å². The van der Waals surface area contributed by atoms with Crippen LogP contribution in [-0.2, 0) is 5.41 Å². The molecule has 2 heteroatoms. The molecule has 1 aromatic heterocycles. The molecule has 0 amide bonds. The summed E-state index contributed by atoms with van der Waals surface area (Å²) in [6, 6.07) is 28.9. The molecule has 4 saturated carbocycles. The van der Waals surface area contributed by atoms with Gasteiger partial charge in [-0.25, -0.2) is 0 Å². The molecule has 5 aliphatic carbocycles. The van der Waals surface area contributed by atoms with Crippen molar-refractivity contribution >= 4 is 33.5 Å². The highest BCUT2D eigenvalue weighted by Gasteiger charge is 2.61. The minimum Gasteiger partial charge on any atom is -0.455 e. The Balaban J connectivity index is 1.32. The first kappa shape index (κ1) is 20.1. The van der Waals surface area contributed by atoms with Gasteiger partial charge in [-0.15, -0.1) is 0 Å². The molecule has 0 saturated heterocycles. The van der Waals surface area contributed by atoms with Crippen molar-refractivity contribution in [2.24, 2.45) is 23.7 Å². The third-order valence-corrected chi connectivity index (χ3v) is 10.7. The number of fused-ring (bicyclic) bond motifs is 6. The Morgan fingerprint density at radius 3 is 2.22 bits per heavy atom. The maximum Gasteiger partial charge on any atom is 0.144 e. The third kappa shape index (κ3) is 2.34. The molecular formula is C34H27ClO. The predicted octanol–water partition coefficient (Wildman–Crippen LogP) is 9.63. The van der Waals surface area contributed by atoms with E-state index in [1.54, 1.807) is 11.1 Å². The van der Waals surface area contributed by atoms with Crippen LogP contribution in [0.4, 0.5) is 0 Å². The van der Waals surface area contributed by atoms with Crippen molar-refractivity contribution in [3.63, 3.8) is 0 Å². The molecule has 4 fully saturated rings. The molecule has 10 rings (SSSR count). The van der Waals surface area contributed by atoms with Crippen molar-refractivity contribution in [1.82, 2.24) is 0 Å². The largest absolute Gasteiger partial charge is 0.455 e. The van der Waals surface area contributed by atoms with Crippen molar-refractivity contribution in [3.05, 3.63) is 95.0 Å². The molecule has 4 bridgehead atoms. The van der Waals surface area contributed by atoms with Crippen LogP contribution in [0.25, 0.3) is 44.2 Å². The van der Waals surface area contributed by atoms with Gasteiger partial charge in [0.15, 0.2) is 0 Å². The number of rotatable bonds is 1. The minimum atomic E-state index is 0.156. The molecule has 0 atom stereocenters. The minimum absolute atomic E-state index is 0.156. The fourth-order valence-corrected chi connectivity index (χ4v) is 9.60. The van der Waals surface area contributed by atoms with Gasteiger partial charge in [-0.05, 0) is 108 Å². The Hall–Kier alpha value is -3.03. The van der Waals surface area contributed by atoms with Crippen LogP contribution in [0.1, 0.15) is 43.2 Å². The van der Waals surface area contributed by atoms with Crippen molar-refractivity contribution < 1.29 is 4.42 Å². The van der Waals surface area contributed by atoms with Crippen molar-refractivity contribution in [1.29, 1.82) is 0 Å². The molecule has 0 aliphatic heterocycles. The van der Waals surface area contributed by atoms with Crippen LogP contribution >= 0.6 is 11.6 Å². The van der Waals surface area contributed by atoms with Gasteiger partial charge >= 0.3 is 0 Å². The SMILES string of the molecule is Clc1ccc2c(oc3ccccc32)c1-c1ccc2c(c1)C1(c3ccccc3-2)C2CC3CC(C2)CC1C3. The second-order valence-corrected chi connectivity index (χ2v) is 12.3. The number of furan rings is 1. The standard InChI is InChI=1S/C34H27ClO/c35-30-12-11-27-26-6-2-4-8-31(26)36-33(27)32(30)21-9-10-25-24-5-1-3-7-28(24)34(29(25)18-21)22-14-19-13-20(16-22)17-23(34)15-19/h1-12,18-20,22-23H,13-17H2. The summed E-state index contributed by atoms with van der Waals surface area (Å²) < 4.78 is 6.45. The van der Waals surface area contributed by atoms with Crippen molar-refractivity contribution in [2.45, 2.75) is 37.5 Å². The maximum atomic E-state index is 6.94. The van der Waals surface area contributed by atoms with Gasteiger partial charge in [-0.3, -0.25) is 0 Å². The van der Waals surface area contributed by atoms with Gasteiger partial charge in [0.1, 0.15) is 11.2 Å². The molecular weight excluding hydrogens is 460 g/mol. The lowest BCUT2D eigenvalue weighted by Crippen LogP contribution is -2.55. The fraction of sp³-hybridized carbons (Fsp3) is 0.294. The normalized spacial score (nSPS) is 29.4. The van der Waals surface area contributed by atoms with E-state index in [1.807, 2.05) is 12.1 Å². The number of hydrogen-bond donors (Lipinski definition) is 0. The highest BCUT2D eigenvalue weighted by molar-refractivity contribution is 6.35. The van der Waals surface area contributed by atoms with Gasteiger partial charge in [0, 0.05) is 21.8 Å². The van der Waals surface area contributed by atoms with E-state index in [-0.39, 0.29) is 5.41 Å². The molecule has 5 aromatic rings. The summed E-state index contributed by atoms with van der Waals surface area (Å²) in [5, 5.41) is 3.05. The highest BCUT2D eigenvalue weighted by atomic mass is 35.5. The number of para-hydroxylation sites is 1. The van der Waals surface area contributed by atoms with E-state index < -0.39 is 0 Å². The third-order valence-electron chi connectivity index (χ3n) is 10.3. The second kappa shape index (κ2) is 6.84. The topological polar surface area (TPSA) is 13.1 Å². The lowest BCUT2D eigenvalue weighted by Gasteiger charge is -2.61. The molecule has 1 nitrogen and oxygen atoms in total. The first-order chi connectivity index (χ1) is 17.7. The Bertz CT molecular complexity index is 1690. The first-order valence-corrected chi connectivity index (χ1v) is 13.9. The van der Waals surface area contributed by atoms with E-state index in [1.165, 1.54) is 48.8 Å². The Kier molecular flexibility index (Phi) is 3.81. The summed E-state index contributed by atoms with van der Waals surface area (Å²) in [7, 11) is 0. The quantitative estimate of drug-likeness (QED) is 0.230. The molecule has 1 spiro atoms. The smallest absolute Gasteiger partial charge is 0.144 e. The molecule has 0 N–H and O–H groups in total. The summed E-state index contributed by atoms with van der Waals surface area (Å²) in [6.07, 6.45) is 7.05. The van der Waals surface area contributed by atoms with Crippen LogP contribution in [-0.4, -0.2) is 0 Å². The van der Waals surface area contributed by atoms with Gasteiger partial charge in [0.2, 0.25) is 0 Å². The van der Waals surface area contributed by atoms with Crippen LogP contribution in [0, 0.1) is 23.7 Å². The van der Waals surface area contributed by atoms with E-state index in [0.29, 0.717) is 0 Å². The van der Waals surface area contributed by atoms with Crippen molar-refractivity contribution in [3.8, 4) is 22.3 Å². The molecule has 4 aromatic carbocycles. The summed E-state index contributed by atoms with van der Waals surface area (Å²) in [6.45, 7) is 0. The summed E-state index contributed by atoms with van der Waals surface area (Å²) >= 11 is 6.94. The lowest BCUT2D eigenvalue weighted by atomic mass is 9.43. The molecule has 5 aliphatic rings. The van der Waals surface area contributed by atoms with Crippen LogP contribution in [0.2, 0.25) is 5.02 Å². The zero-order valence-corrected chi connectivity index (χ0v) is 20.9. The zero-order valence-electron chi connectivity index (χ0n) is 20.1. The summed E-state index contributed by atoms with van der Waals surface area (Å²) in [4.78, 5) is 0. The molecule has 0 unspecified atom stereocenters. The Morgan fingerprint density at radius 2 is 1.39 bits per heavy atom. The van der Waals surface area contributed by atoms with Crippen LogP contribution in [0.5, 0.6) is 0 Å².